The molecule has 0 N–H and O–H groups in total. The predicted octanol–water partition coefficient (Wildman–Crippen LogP) is 15.2. The van der Waals surface area contributed by atoms with Gasteiger partial charge in [0.05, 0.1) is 44.5 Å². The smallest absolute Gasteiger partial charge is 0.0621 e. The van der Waals surface area contributed by atoms with E-state index in [-0.39, 0.29) is 0 Å². The first-order valence-corrected chi connectivity index (χ1v) is 20.4. The zero-order valence-corrected chi connectivity index (χ0v) is 32.3. The van der Waals surface area contributed by atoms with Crippen LogP contribution in [0.5, 0.6) is 0 Å². The standard InChI is InChI=1S/C55H36N4/c1-35-17-11-12-28-45(35)57(38-22-9-4-10-23-38)47-30-16-32-49-53(47)42-27-14-25-40-44-33-50-43(34-51(44)59(49)55(40)42)39-24-13-26-41-52-46(29-15-31-48(52)58(50)54(39)41)56(36-18-5-2-6-19-36)37-20-7-3-8-21-37/h2-34H,1H3. The summed E-state index contributed by atoms with van der Waals surface area (Å²) in [6.07, 6.45) is 0. The van der Waals surface area contributed by atoms with E-state index in [1.54, 1.807) is 0 Å². The van der Waals surface area contributed by atoms with Crippen LogP contribution in [0.1, 0.15) is 5.56 Å². The maximum absolute atomic E-state index is 2.53. The molecule has 4 heterocycles. The topological polar surface area (TPSA) is 15.3 Å². The molecule has 0 bridgehead atoms. The highest BCUT2D eigenvalue weighted by Crippen LogP contribution is 2.50. The van der Waals surface area contributed by atoms with Crippen LogP contribution in [0.2, 0.25) is 0 Å². The van der Waals surface area contributed by atoms with Gasteiger partial charge >= 0.3 is 0 Å². The van der Waals surface area contributed by atoms with Gasteiger partial charge in [0.2, 0.25) is 0 Å². The van der Waals surface area contributed by atoms with Gasteiger partial charge in [0, 0.05) is 65.8 Å². The molecule has 0 saturated heterocycles. The van der Waals surface area contributed by atoms with Gasteiger partial charge in [-0.15, -0.1) is 0 Å². The number of nitrogens with zero attached hydrogens (tertiary/aromatic N) is 4. The summed E-state index contributed by atoms with van der Waals surface area (Å²) in [6.45, 7) is 2.20. The number of benzene rings is 9. The van der Waals surface area contributed by atoms with Crippen molar-refractivity contribution in [3.05, 3.63) is 206 Å². The predicted molar refractivity (Wildman–Crippen MR) is 250 cm³/mol. The normalized spacial score (nSPS) is 12.2. The first-order valence-electron chi connectivity index (χ1n) is 20.4. The summed E-state index contributed by atoms with van der Waals surface area (Å²) >= 11 is 0. The van der Waals surface area contributed by atoms with Crippen LogP contribution in [0.4, 0.5) is 34.1 Å². The van der Waals surface area contributed by atoms with Crippen molar-refractivity contribution in [1.82, 2.24) is 8.80 Å². The molecule has 0 spiro atoms. The van der Waals surface area contributed by atoms with E-state index >= 15 is 0 Å². The molecule has 276 valence electrons. The quantitative estimate of drug-likeness (QED) is 0.168. The summed E-state index contributed by atoms with van der Waals surface area (Å²) in [7, 11) is 0. The van der Waals surface area contributed by atoms with Gasteiger partial charge in [-0.25, -0.2) is 0 Å². The number of hydrogen-bond donors (Lipinski definition) is 0. The number of fused-ring (bicyclic) bond motifs is 12. The maximum atomic E-state index is 2.53. The zero-order chi connectivity index (χ0) is 38.8. The molecule has 13 aromatic rings. The van der Waals surface area contributed by atoms with Gasteiger partial charge in [-0.2, -0.15) is 0 Å². The van der Waals surface area contributed by atoms with Crippen LogP contribution >= 0.6 is 0 Å². The fourth-order valence-corrected chi connectivity index (χ4v) is 10.3. The number of aryl methyl sites for hydroxylation is 1. The molecule has 0 aliphatic rings. The Kier molecular flexibility index (Phi) is 6.62. The summed E-state index contributed by atoms with van der Waals surface area (Å²) in [5, 5.41) is 10.1. The van der Waals surface area contributed by atoms with Gasteiger partial charge in [-0.1, -0.05) is 121 Å². The Morgan fingerprint density at radius 3 is 1.19 bits per heavy atom. The van der Waals surface area contributed by atoms with E-state index in [4.69, 9.17) is 0 Å². The summed E-state index contributed by atoms with van der Waals surface area (Å²) in [4.78, 5) is 4.83. The Morgan fingerprint density at radius 2 is 0.695 bits per heavy atom. The maximum Gasteiger partial charge on any atom is 0.0621 e. The van der Waals surface area contributed by atoms with Crippen LogP contribution < -0.4 is 9.80 Å². The summed E-state index contributed by atoms with van der Waals surface area (Å²) in [5.41, 5.74) is 15.6. The van der Waals surface area contributed by atoms with E-state index < -0.39 is 0 Å². The molecule has 0 fully saturated rings. The molecule has 9 aromatic carbocycles. The van der Waals surface area contributed by atoms with Crippen LogP contribution in [0.3, 0.4) is 0 Å². The van der Waals surface area contributed by atoms with Gasteiger partial charge in [-0.05, 0) is 91.3 Å². The van der Waals surface area contributed by atoms with Crippen molar-refractivity contribution in [3.8, 4) is 0 Å². The van der Waals surface area contributed by atoms with E-state index in [1.165, 1.54) is 98.8 Å². The minimum atomic E-state index is 1.13. The average molecular weight is 753 g/mol. The molecule has 0 aliphatic heterocycles. The number of para-hydroxylation sites is 6. The third-order valence-electron chi connectivity index (χ3n) is 12.6. The molecule has 0 unspecified atom stereocenters. The molecular formula is C55H36N4. The number of anilines is 6. The van der Waals surface area contributed by atoms with Crippen LogP contribution in [-0.2, 0) is 0 Å². The molecule has 4 aromatic heterocycles. The van der Waals surface area contributed by atoms with Gasteiger partial charge in [0.25, 0.3) is 0 Å². The Bertz CT molecular complexity index is 3690. The summed E-state index contributed by atoms with van der Waals surface area (Å²) < 4.78 is 5.05. The Balaban J connectivity index is 1.10. The molecular weight excluding hydrogens is 717 g/mol. The van der Waals surface area contributed by atoms with Crippen LogP contribution in [-0.4, -0.2) is 8.80 Å². The van der Waals surface area contributed by atoms with Gasteiger partial charge in [-0.3, -0.25) is 0 Å². The van der Waals surface area contributed by atoms with Crippen molar-refractivity contribution in [2.45, 2.75) is 6.92 Å². The van der Waals surface area contributed by atoms with Crippen LogP contribution in [0, 0.1) is 6.92 Å². The lowest BCUT2D eigenvalue weighted by Gasteiger charge is -2.28. The molecule has 59 heavy (non-hydrogen) atoms. The van der Waals surface area contributed by atoms with Crippen molar-refractivity contribution in [1.29, 1.82) is 0 Å². The second-order valence-corrected chi connectivity index (χ2v) is 15.8. The van der Waals surface area contributed by atoms with E-state index in [9.17, 15) is 0 Å². The number of rotatable bonds is 6. The molecule has 0 amide bonds. The summed E-state index contributed by atoms with van der Waals surface area (Å²) in [6, 6.07) is 73.2. The second kappa shape index (κ2) is 12.1. The fourth-order valence-electron chi connectivity index (χ4n) is 10.3. The highest BCUT2D eigenvalue weighted by atomic mass is 15.2. The molecule has 0 atom stereocenters. The van der Waals surface area contributed by atoms with Gasteiger partial charge in [0.1, 0.15) is 0 Å². The Morgan fingerprint density at radius 1 is 0.305 bits per heavy atom. The third kappa shape index (κ3) is 4.37. The first-order chi connectivity index (χ1) is 29.2. The van der Waals surface area contributed by atoms with Crippen molar-refractivity contribution in [2.75, 3.05) is 9.80 Å². The van der Waals surface area contributed by atoms with Crippen molar-refractivity contribution in [2.24, 2.45) is 0 Å². The molecule has 4 heteroatoms. The van der Waals surface area contributed by atoms with Crippen molar-refractivity contribution < 1.29 is 0 Å². The number of aromatic nitrogens is 2. The first kappa shape index (κ1) is 32.3. The largest absolute Gasteiger partial charge is 0.310 e. The highest BCUT2D eigenvalue weighted by molar-refractivity contribution is 6.31. The Labute approximate surface area is 340 Å². The van der Waals surface area contributed by atoms with E-state index in [2.05, 4.69) is 226 Å². The molecule has 0 saturated carbocycles. The number of hydrogen-bond acceptors (Lipinski definition) is 2. The van der Waals surface area contributed by atoms with Crippen LogP contribution in [0.15, 0.2) is 200 Å². The molecule has 0 aliphatic carbocycles. The highest BCUT2D eigenvalue weighted by Gasteiger charge is 2.27. The van der Waals surface area contributed by atoms with Crippen molar-refractivity contribution in [3.63, 3.8) is 0 Å². The van der Waals surface area contributed by atoms with Gasteiger partial charge < -0.3 is 18.6 Å². The molecule has 13 rings (SSSR count). The molecule has 0 radical (unpaired) electrons. The minimum absolute atomic E-state index is 1.13. The van der Waals surface area contributed by atoms with E-state index in [1.807, 2.05) is 0 Å². The van der Waals surface area contributed by atoms with E-state index in [0.29, 0.717) is 0 Å². The fraction of sp³-hybridized carbons (Fsp3) is 0.0182. The van der Waals surface area contributed by atoms with Gasteiger partial charge in [0.15, 0.2) is 0 Å². The van der Waals surface area contributed by atoms with Crippen LogP contribution in [0.25, 0.3) is 76.2 Å². The van der Waals surface area contributed by atoms with Crippen molar-refractivity contribution >= 4 is 110 Å². The average Bonchev–Trinajstić information content (AvgIpc) is 4.02. The lowest BCUT2D eigenvalue weighted by atomic mass is 10.0. The zero-order valence-electron chi connectivity index (χ0n) is 32.3. The molecule has 4 nitrogen and oxygen atoms in total. The minimum Gasteiger partial charge on any atom is -0.310 e. The monoisotopic (exact) mass is 752 g/mol. The lowest BCUT2D eigenvalue weighted by Crippen LogP contribution is -2.11. The third-order valence-corrected chi connectivity index (χ3v) is 12.6. The summed E-state index contributed by atoms with van der Waals surface area (Å²) in [5.74, 6) is 0. The Hall–Kier alpha value is -7.82. The SMILES string of the molecule is Cc1ccccc1N(c1ccccc1)c1cccc2c1c1cccc3c4cc5c(cc4n2c31)c1cccc2c3c(N(c4ccccc4)c4ccccc4)cccc3n5c12. The lowest BCUT2D eigenvalue weighted by molar-refractivity contribution is 1.26. The van der Waals surface area contributed by atoms with E-state index in [0.717, 1.165) is 17.1 Å². The second-order valence-electron chi connectivity index (χ2n) is 15.8.